The molecule has 33 heavy (non-hydrogen) atoms. The zero-order valence-corrected chi connectivity index (χ0v) is 18.6. The maximum absolute atomic E-state index is 14.4. The van der Waals surface area contributed by atoms with Crippen LogP contribution in [0.4, 0.5) is 14.5 Å². The normalized spacial score (nSPS) is 14.7. The van der Waals surface area contributed by atoms with Crippen LogP contribution in [-0.2, 0) is 26.7 Å². The van der Waals surface area contributed by atoms with Gasteiger partial charge in [-0.1, -0.05) is 30.3 Å². The molecule has 9 heteroatoms. The van der Waals surface area contributed by atoms with Gasteiger partial charge < -0.3 is 10.1 Å². The zero-order valence-electron chi connectivity index (χ0n) is 17.8. The van der Waals surface area contributed by atoms with Crippen molar-refractivity contribution in [3.63, 3.8) is 0 Å². The molecular formula is C24H20F2N2O4S. The second-order valence-electron chi connectivity index (χ2n) is 7.82. The number of benzene rings is 3. The lowest BCUT2D eigenvalue weighted by atomic mass is 9.94. The highest BCUT2D eigenvalue weighted by atomic mass is 32.2. The third-order valence-corrected chi connectivity index (χ3v) is 6.47. The Hall–Kier alpha value is -3.59. The van der Waals surface area contributed by atoms with Crippen LogP contribution in [-0.4, -0.2) is 26.4 Å². The molecule has 1 heterocycles. The summed E-state index contributed by atoms with van der Waals surface area (Å²) in [5, 5.41) is 2.73. The molecule has 3 aromatic rings. The number of carbonyl (C=O) groups is 1. The third kappa shape index (κ3) is 4.63. The predicted molar refractivity (Wildman–Crippen MR) is 119 cm³/mol. The van der Waals surface area contributed by atoms with Gasteiger partial charge in [0.15, 0.2) is 21.4 Å². The number of carbonyl (C=O) groups excluding carboxylic acids is 1. The average molecular weight is 470 g/mol. The van der Waals surface area contributed by atoms with Crippen LogP contribution in [0, 0.1) is 11.6 Å². The molecule has 3 aromatic carbocycles. The van der Waals surface area contributed by atoms with E-state index in [0.29, 0.717) is 18.3 Å². The summed E-state index contributed by atoms with van der Waals surface area (Å²) in [7, 11) is -3.47. The summed E-state index contributed by atoms with van der Waals surface area (Å²) in [6.07, 6.45) is 1.46. The van der Waals surface area contributed by atoms with Gasteiger partial charge in [-0.05, 0) is 42.8 Å². The quantitative estimate of drug-likeness (QED) is 0.609. The molecule has 6 nitrogen and oxygen atoms in total. The van der Waals surface area contributed by atoms with Gasteiger partial charge in [-0.2, -0.15) is 0 Å². The number of rotatable bonds is 5. The Morgan fingerprint density at radius 3 is 2.39 bits per heavy atom. The van der Waals surface area contributed by atoms with Crippen LogP contribution in [0.2, 0.25) is 0 Å². The smallest absolute Gasteiger partial charge is 0.273 e. The van der Waals surface area contributed by atoms with Crippen LogP contribution >= 0.6 is 0 Å². The molecule has 1 unspecified atom stereocenters. The van der Waals surface area contributed by atoms with Gasteiger partial charge in [0.25, 0.3) is 5.91 Å². The van der Waals surface area contributed by atoms with Crippen molar-refractivity contribution in [1.82, 2.24) is 5.32 Å². The summed E-state index contributed by atoms with van der Waals surface area (Å²) in [5.41, 5.74) is 0.161. The Balaban J connectivity index is 1.70. The largest absolute Gasteiger partial charge is 0.470 e. The zero-order chi connectivity index (χ0) is 23.8. The van der Waals surface area contributed by atoms with Crippen LogP contribution in [0.25, 0.3) is 0 Å². The minimum atomic E-state index is -3.47. The fourth-order valence-electron chi connectivity index (χ4n) is 3.49. The average Bonchev–Trinajstić information content (AvgIpc) is 3.17. The van der Waals surface area contributed by atoms with Gasteiger partial charge in [0.1, 0.15) is 11.7 Å². The van der Waals surface area contributed by atoms with Crippen molar-refractivity contribution in [1.29, 1.82) is 0 Å². The third-order valence-electron chi connectivity index (χ3n) is 5.34. The van der Waals surface area contributed by atoms with Gasteiger partial charge in [0.2, 0.25) is 5.60 Å². The topological polar surface area (TPSA) is 84.8 Å². The van der Waals surface area contributed by atoms with Gasteiger partial charge in [0.05, 0.1) is 10.6 Å². The minimum Gasteiger partial charge on any atom is -0.470 e. The van der Waals surface area contributed by atoms with Crippen molar-refractivity contribution in [3.8, 4) is 5.75 Å². The van der Waals surface area contributed by atoms with Crippen LogP contribution in [0.1, 0.15) is 18.1 Å². The summed E-state index contributed by atoms with van der Waals surface area (Å²) in [5.74, 6) is -2.36. The number of hydrogen-bond donors (Lipinski definition) is 1. The molecule has 170 valence electrons. The van der Waals surface area contributed by atoms with E-state index >= 15 is 0 Å². The first-order chi connectivity index (χ1) is 15.6. The molecular weight excluding hydrogens is 450 g/mol. The first kappa shape index (κ1) is 22.6. The standard InChI is InChI=1S/C24H20F2N2O4S/c1-24(32-21-12-9-17(25)14-19(21)26,16-7-10-18(11-8-16)33(2,30)31)23(29)28-22-13-15-5-3-4-6-20(15)27-22/h3-12,14H,13H2,1-2H3,(H,27,28,29). The highest BCUT2D eigenvalue weighted by Crippen LogP contribution is 2.32. The predicted octanol–water partition coefficient (Wildman–Crippen LogP) is 4.07. The molecule has 0 bridgehead atoms. The number of ether oxygens (including phenoxy) is 1. The lowest BCUT2D eigenvalue weighted by Gasteiger charge is -2.30. The van der Waals surface area contributed by atoms with Crippen molar-refractivity contribution in [2.75, 3.05) is 6.26 Å². The summed E-state index contributed by atoms with van der Waals surface area (Å²) >= 11 is 0. The van der Waals surface area contributed by atoms with Crippen molar-refractivity contribution >= 4 is 27.3 Å². The van der Waals surface area contributed by atoms with Crippen molar-refractivity contribution in [2.24, 2.45) is 4.99 Å². The maximum atomic E-state index is 14.4. The highest BCUT2D eigenvalue weighted by Gasteiger charge is 2.40. The Morgan fingerprint density at radius 2 is 1.76 bits per heavy atom. The van der Waals surface area contributed by atoms with Crippen LogP contribution < -0.4 is 10.1 Å². The fraction of sp³-hybridized carbons (Fsp3) is 0.167. The first-order valence-electron chi connectivity index (χ1n) is 9.98. The number of aliphatic imine (C=N–C) groups is 1. The maximum Gasteiger partial charge on any atom is 0.273 e. The number of halogens is 2. The number of sulfone groups is 1. The van der Waals surface area contributed by atoms with E-state index in [4.69, 9.17) is 4.74 Å². The summed E-state index contributed by atoms with van der Waals surface area (Å²) in [4.78, 5) is 17.9. The minimum absolute atomic E-state index is 0.0533. The van der Waals surface area contributed by atoms with E-state index in [2.05, 4.69) is 10.3 Å². The van der Waals surface area contributed by atoms with Crippen molar-refractivity contribution < 1.29 is 26.7 Å². The van der Waals surface area contributed by atoms with E-state index in [1.54, 1.807) is 0 Å². The van der Waals surface area contributed by atoms with Crippen LogP contribution in [0.5, 0.6) is 5.75 Å². The van der Waals surface area contributed by atoms with Crippen molar-refractivity contribution in [3.05, 3.63) is 89.5 Å². The lowest BCUT2D eigenvalue weighted by Crippen LogP contribution is -2.48. The van der Waals surface area contributed by atoms with E-state index in [9.17, 15) is 22.0 Å². The monoisotopic (exact) mass is 470 g/mol. The highest BCUT2D eigenvalue weighted by molar-refractivity contribution is 7.90. The Labute approximate surface area is 189 Å². The molecule has 0 aromatic heterocycles. The van der Waals surface area contributed by atoms with E-state index in [0.717, 1.165) is 29.6 Å². The van der Waals surface area contributed by atoms with E-state index < -0.39 is 33.0 Å². The van der Waals surface area contributed by atoms with Crippen LogP contribution in [0.15, 0.2) is 76.6 Å². The summed E-state index contributed by atoms with van der Waals surface area (Å²) < 4.78 is 57.2. The molecule has 1 amide bonds. The van der Waals surface area contributed by atoms with Crippen LogP contribution in [0.3, 0.4) is 0 Å². The summed E-state index contributed by atoms with van der Waals surface area (Å²) in [6, 6.07) is 15.7. The Morgan fingerprint density at radius 1 is 1.06 bits per heavy atom. The van der Waals surface area contributed by atoms with Gasteiger partial charge in [0, 0.05) is 24.3 Å². The Kier molecular flexibility index (Phi) is 5.75. The molecule has 1 aliphatic heterocycles. The number of fused-ring (bicyclic) bond motifs is 1. The fourth-order valence-corrected chi connectivity index (χ4v) is 4.12. The molecule has 0 aliphatic carbocycles. The Bertz CT molecular complexity index is 1370. The summed E-state index contributed by atoms with van der Waals surface area (Å²) in [6.45, 7) is 1.42. The number of nitrogens with one attached hydrogen (secondary N) is 1. The molecule has 0 spiro atoms. The molecule has 4 rings (SSSR count). The molecule has 0 saturated carbocycles. The van der Waals surface area contributed by atoms with Gasteiger partial charge >= 0.3 is 0 Å². The number of hydrogen-bond acceptors (Lipinski definition) is 5. The van der Waals surface area contributed by atoms with Crippen molar-refractivity contribution in [2.45, 2.75) is 23.8 Å². The lowest BCUT2D eigenvalue weighted by molar-refractivity contribution is -0.135. The first-order valence-corrected chi connectivity index (χ1v) is 11.9. The van der Waals surface area contributed by atoms with E-state index in [1.165, 1.54) is 31.2 Å². The molecule has 1 N–H and O–H groups in total. The second-order valence-corrected chi connectivity index (χ2v) is 9.84. The second kappa shape index (κ2) is 8.40. The SMILES string of the molecule is CC(Oc1ccc(F)cc1F)(C(=O)NC1=Nc2ccccc2C1)c1ccc(S(C)(=O)=O)cc1. The number of para-hydroxylation sites is 1. The number of nitrogens with zero attached hydrogens (tertiary/aromatic N) is 1. The van der Waals surface area contributed by atoms with Gasteiger partial charge in [-0.25, -0.2) is 22.2 Å². The molecule has 0 saturated heterocycles. The van der Waals surface area contributed by atoms with Gasteiger partial charge in [-0.3, -0.25) is 4.79 Å². The molecule has 0 fully saturated rings. The number of amidine groups is 1. The van der Waals surface area contributed by atoms with E-state index in [-0.39, 0.29) is 16.2 Å². The molecule has 1 atom stereocenters. The van der Waals surface area contributed by atoms with E-state index in [1.807, 2.05) is 24.3 Å². The molecule has 1 aliphatic rings. The van der Waals surface area contributed by atoms with Gasteiger partial charge in [-0.15, -0.1) is 0 Å². The number of amides is 1. The molecule has 0 radical (unpaired) electrons.